The van der Waals surface area contributed by atoms with E-state index in [4.69, 9.17) is 24.4 Å². The average molecular weight is 946 g/mol. The van der Waals surface area contributed by atoms with Gasteiger partial charge in [0, 0.05) is 42.5 Å². The van der Waals surface area contributed by atoms with Crippen LogP contribution in [-0.2, 0) is 23.8 Å². The highest BCUT2D eigenvalue weighted by molar-refractivity contribution is 6.25. The van der Waals surface area contributed by atoms with E-state index in [1.165, 1.54) is 47.4 Å². The van der Waals surface area contributed by atoms with Crippen molar-refractivity contribution in [2.75, 3.05) is 75.2 Å². The molecular formula is C43H42F3N11O11. The number of fused-ring (bicyclic) bond motifs is 1. The van der Waals surface area contributed by atoms with Crippen molar-refractivity contribution in [3.8, 4) is 17.1 Å². The maximum Gasteiger partial charge on any atom is 0.405 e. The second-order valence-corrected chi connectivity index (χ2v) is 14.8. The maximum absolute atomic E-state index is 13.2. The molecule has 2 aliphatic heterocycles. The number of benzene rings is 2. The van der Waals surface area contributed by atoms with Crippen LogP contribution in [0.4, 0.5) is 30.4 Å². The molecule has 7 N–H and O–H groups in total. The summed E-state index contributed by atoms with van der Waals surface area (Å²) in [4.78, 5) is 97.0. The van der Waals surface area contributed by atoms with E-state index in [-0.39, 0.29) is 110 Å². The molecule has 356 valence electrons. The predicted octanol–water partition coefficient (Wildman–Crippen LogP) is 2.54. The number of halogens is 3. The number of primary amides is 1. The van der Waals surface area contributed by atoms with E-state index in [0.717, 1.165) is 11.2 Å². The number of nitrogens with zero attached hydrogens (tertiary/aromatic N) is 5. The molecule has 7 rings (SSSR count). The number of piperidine rings is 1. The number of nitrogens with one attached hydrogen (secondary N) is 5. The van der Waals surface area contributed by atoms with E-state index < -0.39 is 54.2 Å². The number of hydrogen-bond acceptors (Lipinski definition) is 16. The Morgan fingerprint density at radius 3 is 2.29 bits per heavy atom. The molecule has 2 aliphatic rings. The lowest BCUT2D eigenvalue weighted by Crippen LogP contribution is -2.54. The molecular weight excluding hydrogens is 904 g/mol. The van der Waals surface area contributed by atoms with Crippen molar-refractivity contribution in [2.45, 2.75) is 25.1 Å². The number of ether oxygens (including phenoxy) is 3. The van der Waals surface area contributed by atoms with Gasteiger partial charge in [0.2, 0.25) is 17.7 Å². The Morgan fingerprint density at radius 1 is 0.868 bits per heavy atom. The third-order valence-electron chi connectivity index (χ3n) is 10.1. The van der Waals surface area contributed by atoms with Gasteiger partial charge in [-0.3, -0.25) is 43.8 Å². The first kappa shape index (κ1) is 47.9. The zero-order valence-corrected chi connectivity index (χ0v) is 35.7. The fraction of sp³-hybridized carbons (Fsp3) is 0.302. The van der Waals surface area contributed by atoms with Crippen molar-refractivity contribution in [2.24, 2.45) is 5.73 Å². The normalized spacial score (nSPS) is 14.7. The van der Waals surface area contributed by atoms with Gasteiger partial charge in [0.1, 0.15) is 24.7 Å². The molecule has 68 heavy (non-hydrogen) atoms. The van der Waals surface area contributed by atoms with Crippen LogP contribution in [-0.4, -0.2) is 137 Å². The summed E-state index contributed by atoms with van der Waals surface area (Å²) < 4.78 is 61.1. The summed E-state index contributed by atoms with van der Waals surface area (Å²) in [5.74, 6) is -4.63. The summed E-state index contributed by atoms with van der Waals surface area (Å²) in [6, 6.07) is 12.6. The molecule has 1 atom stereocenters. The van der Waals surface area contributed by atoms with E-state index in [0.29, 0.717) is 23.5 Å². The number of alkyl halides is 3. The van der Waals surface area contributed by atoms with Gasteiger partial charge in [-0.15, -0.1) is 0 Å². The summed E-state index contributed by atoms with van der Waals surface area (Å²) in [6.07, 6.45) is -0.778. The first-order valence-corrected chi connectivity index (χ1v) is 20.8. The van der Waals surface area contributed by atoms with Gasteiger partial charge in [-0.2, -0.15) is 18.3 Å². The van der Waals surface area contributed by atoms with E-state index in [1.54, 1.807) is 24.3 Å². The second-order valence-electron chi connectivity index (χ2n) is 14.8. The molecule has 0 spiro atoms. The maximum atomic E-state index is 13.2. The van der Waals surface area contributed by atoms with Gasteiger partial charge >= 0.3 is 6.18 Å². The Balaban J connectivity index is 0.772. The SMILES string of the molecule is NC(=O)c1nn(-c2ccc(C(=O)NCCOCCOCCOCCNc3cccc4c3C(=O)N(C3CCC(=O)NC3=O)C4=O)cc2)cc1NC(=O)c1coc(-c2ccnc(NCC(F)(F)F)c2)n1. The Bertz CT molecular complexity index is 2710. The highest BCUT2D eigenvalue weighted by Gasteiger charge is 2.45. The van der Waals surface area contributed by atoms with Gasteiger partial charge in [0.25, 0.3) is 29.5 Å². The lowest BCUT2D eigenvalue weighted by atomic mass is 10.0. The van der Waals surface area contributed by atoms with Crippen molar-refractivity contribution >= 4 is 58.5 Å². The number of rotatable bonds is 22. The van der Waals surface area contributed by atoms with E-state index in [2.05, 4.69) is 41.7 Å². The minimum Gasteiger partial charge on any atom is -0.444 e. The standard InChI is InChI=1S/C43H42F3N11O11/c44-43(45,46)23-51-32-20-25(10-11-49-32)40-53-30(22-68-40)38(61)52-29-21-56(55-35(29)36(47)59)26-6-4-24(5-7-26)37(60)50-13-15-66-17-19-67-18-16-65-14-12-48-28-3-1-2-27-34(28)42(64)57(41(27)63)31-8-9-33(58)54-39(31)62/h1-7,10-11,20-22,31,48H,8-9,12-19,23H2,(H2,47,59)(H,49,51)(H,50,60)(H,52,61)(H,54,58,62). The van der Waals surface area contributed by atoms with Gasteiger partial charge in [0.05, 0.1) is 68.3 Å². The topological polar surface area (TPSA) is 293 Å². The number of aromatic nitrogens is 4. The molecule has 25 heteroatoms. The number of carbonyl (C=O) groups is 7. The predicted molar refractivity (Wildman–Crippen MR) is 231 cm³/mol. The number of hydrogen-bond donors (Lipinski definition) is 6. The first-order chi connectivity index (χ1) is 32.7. The van der Waals surface area contributed by atoms with Crippen LogP contribution in [0.3, 0.4) is 0 Å². The molecule has 1 fully saturated rings. The lowest BCUT2D eigenvalue weighted by Gasteiger charge is -2.27. The third-order valence-corrected chi connectivity index (χ3v) is 10.1. The average Bonchev–Trinajstić information content (AvgIpc) is 4.05. The summed E-state index contributed by atoms with van der Waals surface area (Å²) >= 11 is 0. The van der Waals surface area contributed by atoms with Gasteiger partial charge in [-0.05, 0) is 55.0 Å². The Morgan fingerprint density at radius 2 is 1.59 bits per heavy atom. The van der Waals surface area contributed by atoms with Crippen LogP contribution in [0.15, 0.2) is 77.7 Å². The number of amides is 7. The molecule has 0 aliphatic carbocycles. The van der Waals surface area contributed by atoms with Gasteiger partial charge in [0.15, 0.2) is 11.4 Å². The molecule has 5 aromatic rings. The molecule has 0 radical (unpaired) electrons. The van der Waals surface area contributed by atoms with Crippen molar-refractivity contribution in [3.63, 3.8) is 0 Å². The number of oxazole rings is 1. The van der Waals surface area contributed by atoms with Crippen LogP contribution in [0.2, 0.25) is 0 Å². The van der Waals surface area contributed by atoms with Crippen molar-refractivity contribution in [3.05, 3.63) is 101 Å². The largest absolute Gasteiger partial charge is 0.444 e. The quantitative estimate of drug-likeness (QED) is 0.0429. The first-order valence-electron chi connectivity index (χ1n) is 20.8. The highest BCUT2D eigenvalue weighted by Crippen LogP contribution is 2.32. The minimum atomic E-state index is -4.47. The summed E-state index contributed by atoms with van der Waals surface area (Å²) in [6.45, 7) is 0.765. The van der Waals surface area contributed by atoms with Crippen LogP contribution < -0.4 is 32.3 Å². The monoisotopic (exact) mass is 945 g/mol. The van der Waals surface area contributed by atoms with Crippen molar-refractivity contribution < 1.29 is 65.4 Å². The molecule has 7 amide bonds. The molecule has 0 saturated carbocycles. The van der Waals surface area contributed by atoms with Gasteiger partial charge in [-0.25, -0.2) is 14.6 Å². The zero-order valence-electron chi connectivity index (χ0n) is 35.7. The number of carbonyl (C=O) groups excluding carboxylic acids is 7. The van der Waals surface area contributed by atoms with Crippen molar-refractivity contribution in [1.29, 1.82) is 0 Å². The number of anilines is 3. The summed E-state index contributed by atoms with van der Waals surface area (Å²) in [7, 11) is 0. The number of nitrogens with two attached hydrogens (primary N) is 1. The smallest absolute Gasteiger partial charge is 0.405 e. The number of imide groups is 2. The molecule has 5 heterocycles. The fourth-order valence-electron chi connectivity index (χ4n) is 6.89. The Labute approximate surface area is 383 Å². The van der Waals surface area contributed by atoms with Crippen LogP contribution in [0.25, 0.3) is 17.1 Å². The molecule has 22 nitrogen and oxygen atoms in total. The summed E-state index contributed by atoms with van der Waals surface area (Å²) in [5, 5.41) is 16.8. The lowest BCUT2D eigenvalue weighted by molar-refractivity contribution is -0.136. The molecule has 2 aromatic carbocycles. The number of pyridine rings is 1. The van der Waals surface area contributed by atoms with Crippen LogP contribution in [0.1, 0.15) is 64.9 Å². The Kier molecular flexibility index (Phi) is 15.2. The zero-order chi connectivity index (χ0) is 48.4. The van der Waals surface area contributed by atoms with Crippen LogP contribution in [0, 0.1) is 0 Å². The highest BCUT2D eigenvalue weighted by atomic mass is 19.4. The minimum absolute atomic E-state index is 0.0283. The van der Waals surface area contributed by atoms with E-state index >= 15 is 0 Å². The van der Waals surface area contributed by atoms with E-state index in [9.17, 15) is 46.7 Å². The molecule has 1 saturated heterocycles. The third kappa shape index (κ3) is 11.9. The van der Waals surface area contributed by atoms with E-state index in [1.807, 2.05) is 0 Å². The van der Waals surface area contributed by atoms with Crippen molar-refractivity contribution in [1.82, 2.24) is 35.3 Å². The van der Waals surface area contributed by atoms with Crippen LogP contribution >= 0.6 is 0 Å². The Hall–Kier alpha value is -8.03. The van der Waals surface area contributed by atoms with Crippen LogP contribution in [0.5, 0.6) is 0 Å². The second kappa shape index (κ2) is 21.5. The molecule has 3 aromatic heterocycles. The fourth-order valence-corrected chi connectivity index (χ4v) is 6.89. The van der Waals surface area contributed by atoms with Gasteiger partial charge in [-0.1, -0.05) is 6.07 Å². The summed E-state index contributed by atoms with van der Waals surface area (Å²) in [5.41, 5.74) is 6.69. The molecule has 1 unspecified atom stereocenters. The molecule has 0 bridgehead atoms. The van der Waals surface area contributed by atoms with Gasteiger partial charge < -0.3 is 45.6 Å².